The zero-order valence-electron chi connectivity index (χ0n) is 9.34. The van der Waals surface area contributed by atoms with Crippen molar-refractivity contribution in [2.45, 2.75) is 26.8 Å². The lowest BCUT2D eigenvalue weighted by atomic mass is 10.0. The van der Waals surface area contributed by atoms with Gasteiger partial charge < -0.3 is 0 Å². The lowest BCUT2D eigenvalue weighted by molar-refractivity contribution is 0.652. The van der Waals surface area contributed by atoms with Gasteiger partial charge in [0.05, 0.1) is 6.04 Å². The van der Waals surface area contributed by atoms with Crippen molar-refractivity contribution in [1.29, 1.82) is 0 Å². The summed E-state index contributed by atoms with van der Waals surface area (Å²) in [6.07, 6.45) is 2.05. The maximum atomic E-state index is 6.16. The van der Waals surface area contributed by atoms with Crippen LogP contribution in [0.4, 0.5) is 0 Å². The Morgan fingerprint density at radius 3 is 2.60 bits per heavy atom. The molecular formula is C12H17ClN2. The minimum Gasteiger partial charge on any atom is -0.271 e. The van der Waals surface area contributed by atoms with Gasteiger partial charge in [-0.05, 0) is 38.0 Å². The van der Waals surface area contributed by atoms with Gasteiger partial charge in [-0.15, -0.1) is 0 Å². The van der Waals surface area contributed by atoms with E-state index in [0.29, 0.717) is 0 Å². The number of hydrazine groups is 1. The number of aryl methyl sites for hydroxylation is 1. The Bertz CT molecular complexity index is 368. The van der Waals surface area contributed by atoms with Gasteiger partial charge in [0.25, 0.3) is 0 Å². The van der Waals surface area contributed by atoms with Crippen LogP contribution in [0.2, 0.25) is 5.02 Å². The summed E-state index contributed by atoms with van der Waals surface area (Å²) in [6, 6.07) is 5.95. The maximum absolute atomic E-state index is 6.16. The quantitative estimate of drug-likeness (QED) is 0.470. The number of allylic oxidation sites excluding steroid dienone is 1. The average Bonchev–Trinajstić information content (AvgIpc) is 2.14. The molecule has 0 heterocycles. The maximum Gasteiger partial charge on any atom is 0.0657 e. The highest BCUT2D eigenvalue weighted by atomic mass is 35.5. The largest absolute Gasteiger partial charge is 0.271 e. The minimum absolute atomic E-state index is 0.0249. The molecule has 0 spiro atoms. The van der Waals surface area contributed by atoms with Crippen molar-refractivity contribution in [2.75, 3.05) is 0 Å². The fourth-order valence-corrected chi connectivity index (χ4v) is 1.80. The molecule has 0 saturated carbocycles. The summed E-state index contributed by atoms with van der Waals surface area (Å²) in [5.41, 5.74) is 6.11. The molecule has 1 atom stereocenters. The van der Waals surface area contributed by atoms with Crippen LogP contribution in [-0.4, -0.2) is 0 Å². The van der Waals surface area contributed by atoms with Crippen LogP contribution in [0.5, 0.6) is 0 Å². The van der Waals surface area contributed by atoms with E-state index in [9.17, 15) is 0 Å². The summed E-state index contributed by atoms with van der Waals surface area (Å²) >= 11 is 6.16. The first-order valence-corrected chi connectivity index (χ1v) is 5.29. The first-order valence-electron chi connectivity index (χ1n) is 4.92. The van der Waals surface area contributed by atoms with Crippen molar-refractivity contribution in [2.24, 2.45) is 5.84 Å². The fraction of sp³-hybridized carbons (Fsp3) is 0.333. The normalized spacial score (nSPS) is 12.3. The molecule has 0 aliphatic heterocycles. The Labute approximate surface area is 96.1 Å². The molecule has 1 unspecified atom stereocenters. The van der Waals surface area contributed by atoms with Gasteiger partial charge in [0.15, 0.2) is 0 Å². The van der Waals surface area contributed by atoms with E-state index in [1.807, 2.05) is 39.0 Å². The first kappa shape index (κ1) is 12.2. The second kappa shape index (κ2) is 5.31. The summed E-state index contributed by atoms with van der Waals surface area (Å²) in [5, 5.41) is 0.746. The molecule has 1 rings (SSSR count). The SMILES string of the molecule is CC(C)=CC(NN)c1ccc(C)cc1Cl. The average molecular weight is 225 g/mol. The molecule has 3 heteroatoms. The van der Waals surface area contributed by atoms with Gasteiger partial charge in [-0.1, -0.05) is 35.4 Å². The molecule has 0 aromatic heterocycles. The summed E-state index contributed by atoms with van der Waals surface area (Å²) in [5.74, 6) is 5.51. The highest BCUT2D eigenvalue weighted by Gasteiger charge is 2.10. The lowest BCUT2D eigenvalue weighted by Gasteiger charge is -2.14. The van der Waals surface area contributed by atoms with Crippen molar-refractivity contribution >= 4 is 11.6 Å². The molecule has 15 heavy (non-hydrogen) atoms. The molecule has 0 amide bonds. The number of rotatable bonds is 3. The van der Waals surface area contributed by atoms with Gasteiger partial charge in [-0.3, -0.25) is 5.84 Å². The molecule has 3 N–H and O–H groups in total. The van der Waals surface area contributed by atoms with Crippen molar-refractivity contribution in [1.82, 2.24) is 5.43 Å². The topological polar surface area (TPSA) is 38.0 Å². The zero-order chi connectivity index (χ0) is 11.4. The van der Waals surface area contributed by atoms with E-state index in [4.69, 9.17) is 17.4 Å². The van der Waals surface area contributed by atoms with Crippen LogP contribution in [0.1, 0.15) is 31.0 Å². The summed E-state index contributed by atoms with van der Waals surface area (Å²) in [4.78, 5) is 0. The van der Waals surface area contributed by atoms with Crippen molar-refractivity contribution < 1.29 is 0 Å². The predicted molar refractivity (Wildman–Crippen MR) is 65.7 cm³/mol. The fourth-order valence-electron chi connectivity index (χ4n) is 1.45. The molecule has 82 valence electrons. The monoisotopic (exact) mass is 224 g/mol. The lowest BCUT2D eigenvalue weighted by Crippen LogP contribution is -2.27. The number of hydrogen-bond donors (Lipinski definition) is 2. The molecule has 1 aromatic carbocycles. The number of nitrogens with one attached hydrogen (secondary N) is 1. The van der Waals surface area contributed by atoms with Crippen LogP contribution in [0.15, 0.2) is 29.8 Å². The Balaban J connectivity index is 3.07. The molecule has 0 bridgehead atoms. The second-order valence-electron chi connectivity index (χ2n) is 3.91. The molecule has 0 aliphatic rings. The second-order valence-corrected chi connectivity index (χ2v) is 4.32. The Hall–Kier alpha value is -0.830. The van der Waals surface area contributed by atoms with E-state index in [2.05, 4.69) is 11.5 Å². The molecule has 0 fully saturated rings. The van der Waals surface area contributed by atoms with Gasteiger partial charge >= 0.3 is 0 Å². The number of halogens is 1. The summed E-state index contributed by atoms with van der Waals surface area (Å²) in [6.45, 7) is 6.08. The predicted octanol–water partition coefficient (Wildman–Crippen LogP) is 3.12. The van der Waals surface area contributed by atoms with Gasteiger partial charge in [0.2, 0.25) is 0 Å². The van der Waals surface area contributed by atoms with Crippen LogP contribution in [0, 0.1) is 6.92 Å². The molecular weight excluding hydrogens is 208 g/mol. The van der Waals surface area contributed by atoms with Gasteiger partial charge in [0.1, 0.15) is 0 Å². The van der Waals surface area contributed by atoms with Crippen LogP contribution >= 0.6 is 11.6 Å². The third kappa shape index (κ3) is 3.34. The molecule has 0 aliphatic carbocycles. The van der Waals surface area contributed by atoms with Crippen LogP contribution < -0.4 is 11.3 Å². The molecule has 2 nitrogen and oxygen atoms in total. The van der Waals surface area contributed by atoms with Crippen molar-refractivity contribution in [3.8, 4) is 0 Å². The van der Waals surface area contributed by atoms with Gasteiger partial charge in [-0.2, -0.15) is 0 Å². The highest BCUT2D eigenvalue weighted by Crippen LogP contribution is 2.25. The summed E-state index contributed by atoms with van der Waals surface area (Å²) < 4.78 is 0. The van der Waals surface area contributed by atoms with E-state index < -0.39 is 0 Å². The third-order valence-electron chi connectivity index (χ3n) is 2.17. The third-order valence-corrected chi connectivity index (χ3v) is 2.50. The van der Waals surface area contributed by atoms with Gasteiger partial charge in [0, 0.05) is 5.02 Å². The summed E-state index contributed by atoms with van der Waals surface area (Å²) in [7, 11) is 0. The smallest absolute Gasteiger partial charge is 0.0657 e. The molecule has 0 saturated heterocycles. The van der Waals surface area contributed by atoms with Crippen molar-refractivity contribution in [3.63, 3.8) is 0 Å². The van der Waals surface area contributed by atoms with E-state index in [1.54, 1.807) is 0 Å². The minimum atomic E-state index is -0.0249. The Kier molecular flexibility index (Phi) is 4.33. The first-order chi connectivity index (χ1) is 7.04. The number of nitrogens with two attached hydrogens (primary N) is 1. The Morgan fingerprint density at radius 2 is 2.13 bits per heavy atom. The van der Waals surface area contributed by atoms with Crippen molar-refractivity contribution in [3.05, 3.63) is 46.0 Å². The zero-order valence-corrected chi connectivity index (χ0v) is 10.1. The van der Waals surface area contributed by atoms with Crippen LogP contribution in [0.3, 0.4) is 0 Å². The number of benzene rings is 1. The van der Waals surface area contributed by atoms with E-state index in [1.165, 1.54) is 5.57 Å². The standard InChI is InChI=1S/C12H17ClN2/c1-8(2)6-12(15-14)10-5-4-9(3)7-11(10)13/h4-7,12,15H,14H2,1-3H3. The number of hydrogen-bond acceptors (Lipinski definition) is 2. The Morgan fingerprint density at radius 1 is 1.47 bits per heavy atom. The van der Waals surface area contributed by atoms with Crippen LogP contribution in [-0.2, 0) is 0 Å². The highest BCUT2D eigenvalue weighted by molar-refractivity contribution is 6.31. The molecule has 0 radical (unpaired) electrons. The van der Waals surface area contributed by atoms with E-state index in [-0.39, 0.29) is 6.04 Å². The molecule has 1 aromatic rings. The van der Waals surface area contributed by atoms with Crippen LogP contribution in [0.25, 0.3) is 0 Å². The van der Waals surface area contributed by atoms with E-state index >= 15 is 0 Å². The van der Waals surface area contributed by atoms with E-state index in [0.717, 1.165) is 16.1 Å². The van der Waals surface area contributed by atoms with Gasteiger partial charge in [-0.25, -0.2) is 5.43 Å².